The Hall–Kier alpha value is -2.44. The molecular weight excluding hydrogens is 306 g/mol. The van der Waals surface area contributed by atoms with Crippen LogP contribution in [-0.4, -0.2) is 36.7 Å². The number of nitrogens with one attached hydrogen (secondary N) is 2. The number of ether oxygens (including phenoxy) is 2. The predicted octanol–water partition coefficient (Wildman–Crippen LogP) is 2.42. The molecule has 1 aromatic heterocycles. The van der Waals surface area contributed by atoms with Crippen LogP contribution in [0.3, 0.4) is 0 Å². The Morgan fingerprint density at radius 2 is 2.21 bits per heavy atom. The van der Waals surface area contributed by atoms with Crippen molar-refractivity contribution in [2.45, 2.75) is 20.0 Å². The van der Waals surface area contributed by atoms with Crippen LogP contribution in [0.4, 0.5) is 5.69 Å². The minimum Gasteiger partial charge on any atom is -0.439 e. The number of pyridine rings is 1. The summed E-state index contributed by atoms with van der Waals surface area (Å²) >= 11 is 0. The van der Waals surface area contributed by atoms with Crippen LogP contribution >= 0.6 is 0 Å². The highest BCUT2D eigenvalue weighted by molar-refractivity contribution is 5.94. The van der Waals surface area contributed by atoms with E-state index in [1.165, 1.54) is 0 Å². The fraction of sp³-hybridized carbons (Fsp3) is 0.333. The fourth-order valence-electron chi connectivity index (χ4n) is 2.42. The van der Waals surface area contributed by atoms with Gasteiger partial charge in [0.25, 0.3) is 5.91 Å². The topological polar surface area (TPSA) is 72.5 Å². The first-order chi connectivity index (χ1) is 11.6. The number of anilines is 1. The number of benzene rings is 1. The molecule has 6 nitrogen and oxygen atoms in total. The number of hydrogen-bond acceptors (Lipinski definition) is 5. The molecule has 0 saturated carbocycles. The first-order valence-corrected chi connectivity index (χ1v) is 7.96. The lowest BCUT2D eigenvalue weighted by molar-refractivity contribution is -0.128. The molecule has 0 spiro atoms. The number of aromatic nitrogens is 1. The molecule has 1 aromatic carbocycles. The van der Waals surface area contributed by atoms with Gasteiger partial charge in [0.05, 0.1) is 6.61 Å². The van der Waals surface area contributed by atoms with Gasteiger partial charge in [-0.3, -0.25) is 4.79 Å². The molecule has 0 radical (unpaired) electrons. The number of carbonyl (C=O) groups is 1. The Morgan fingerprint density at radius 3 is 2.96 bits per heavy atom. The summed E-state index contributed by atoms with van der Waals surface area (Å²) in [5, 5.41) is 6.01. The third kappa shape index (κ3) is 4.10. The molecule has 24 heavy (non-hydrogen) atoms. The Labute approximate surface area is 141 Å². The van der Waals surface area contributed by atoms with Gasteiger partial charge in [0.1, 0.15) is 11.9 Å². The summed E-state index contributed by atoms with van der Waals surface area (Å²) in [6.07, 6.45) is 1.24. The quantitative estimate of drug-likeness (QED) is 0.902. The second-order valence-corrected chi connectivity index (χ2v) is 5.81. The van der Waals surface area contributed by atoms with Gasteiger partial charge in [-0.05, 0) is 37.1 Å². The highest BCUT2D eigenvalue weighted by Gasteiger charge is 2.21. The van der Waals surface area contributed by atoms with Crippen LogP contribution in [0.1, 0.15) is 11.1 Å². The van der Waals surface area contributed by atoms with Crippen molar-refractivity contribution < 1.29 is 14.3 Å². The van der Waals surface area contributed by atoms with Gasteiger partial charge in [-0.2, -0.15) is 0 Å². The lowest BCUT2D eigenvalue weighted by Gasteiger charge is -2.22. The van der Waals surface area contributed by atoms with Crippen molar-refractivity contribution in [1.82, 2.24) is 10.3 Å². The standard InChI is InChI=1S/C18H21N3O3/c1-12-5-6-20-17(9-12)24-15-10-14(4-3-13(15)2)21-18(22)16-11-19-7-8-23-16/h3-6,9-10,16,19H,7-8,11H2,1-2H3,(H,21,22). The molecule has 6 heteroatoms. The number of morpholine rings is 1. The zero-order valence-corrected chi connectivity index (χ0v) is 13.8. The molecule has 1 aliphatic rings. The van der Waals surface area contributed by atoms with Crippen molar-refractivity contribution in [3.05, 3.63) is 47.7 Å². The maximum absolute atomic E-state index is 12.2. The van der Waals surface area contributed by atoms with Gasteiger partial charge in [-0.1, -0.05) is 6.07 Å². The summed E-state index contributed by atoms with van der Waals surface area (Å²) in [6, 6.07) is 9.33. The van der Waals surface area contributed by atoms with E-state index >= 15 is 0 Å². The van der Waals surface area contributed by atoms with Gasteiger partial charge in [0, 0.05) is 37.1 Å². The third-order valence-electron chi connectivity index (χ3n) is 3.78. The minimum absolute atomic E-state index is 0.161. The summed E-state index contributed by atoms with van der Waals surface area (Å²) in [5.41, 5.74) is 2.71. The van der Waals surface area contributed by atoms with Gasteiger partial charge in [-0.25, -0.2) is 4.98 Å². The number of aryl methyl sites for hydroxylation is 2. The molecule has 2 heterocycles. The van der Waals surface area contributed by atoms with E-state index in [0.29, 0.717) is 30.5 Å². The van der Waals surface area contributed by atoms with E-state index < -0.39 is 6.10 Å². The summed E-state index contributed by atoms with van der Waals surface area (Å²) in [7, 11) is 0. The molecule has 1 saturated heterocycles. The van der Waals surface area contributed by atoms with Gasteiger partial charge in [-0.15, -0.1) is 0 Å². The van der Waals surface area contributed by atoms with Crippen LogP contribution in [-0.2, 0) is 9.53 Å². The lowest BCUT2D eigenvalue weighted by Crippen LogP contribution is -2.45. The highest BCUT2D eigenvalue weighted by Crippen LogP contribution is 2.27. The van der Waals surface area contributed by atoms with Crippen LogP contribution in [0.2, 0.25) is 0 Å². The Bertz CT molecular complexity index is 727. The Kier molecular flexibility index (Phi) is 5.08. The monoisotopic (exact) mass is 327 g/mol. The second kappa shape index (κ2) is 7.42. The highest BCUT2D eigenvalue weighted by atomic mass is 16.5. The van der Waals surface area contributed by atoms with E-state index in [1.54, 1.807) is 12.3 Å². The molecule has 2 N–H and O–H groups in total. The first-order valence-electron chi connectivity index (χ1n) is 7.96. The number of rotatable bonds is 4. The zero-order chi connectivity index (χ0) is 16.9. The van der Waals surface area contributed by atoms with E-state index in [0.717, 1.165) is 17.7 Å². The van der Waals surface area contributed by atoms with Crippen molar-refractivity contribution in [1.29, 1.82) is 0 Å². The van der Waals surface area contributed by atoms with Crippen LogP contribution in [0.5, 0.6) is 11.6 Å². The van der Waals surface area contributed by atoms with Crippen molar-refractivity contribution in [2.24, 2.45) is 0 Å². The predicted molar refractivity (Wildman–Crippen MR) is 91.5 cm³/mol. The lowest BCUT2D eigenvalue weighted by atomic mass is 10.2. The Morgan fingerprint density at radius 1 is 1.33 bits per heavy atom. The normalized spacial score (nSPS) is 17.3. The van der Waals surface area contributed by atoms with Crippen molar-refractivity contribution in [3.8, 4) is 11.6 Å². The molecule has 1 fully saturated rings. The maximum atomic E-state index is 12.2. The summed E-state index contributed by atoms with van der Waals surface area (Å²) in [6.45, 7) is 5.77. The fourth-order valence-corrected chi connectivity index (χ4v) is 2.42. The van der Waals surface area contributed by atoms with Crippen molar-refractivity contribution in [3.63, 3.8) is 0 Å². The van der Waals surface area contributed by atoms with Crippen LogP contribution in [0.25, 0.3) is 0 Å². The van der Waals surface area contributed by atoms with Gasteiger partial charge in [0.2, 0.25) is 5.88 Å². The molecule has 0 aliphatic carbocycles. The molecule has 126 valence electrons. The van der Waals surface area contributed by atoms with Crippen LogP contribution in [0, 0.1) is 13.8 Å². The molecular formula is C18H21N3O3. The molecule has 2 aromatic rings. The summed E-state index contributed by atoms with van der Waals surface area (Å²) in [4.78, 5) is 16.4. The number of nitrogens with zero attached hydrogens (tertiary/aromatic N) is 1. The molecule has 0 bridgehead atoms. The van der Waals surface area contributed by atoms with Gasteiger partial charge >= 0.3 is 0 Å². The first kappa shape index (κ1) is 16.4. The molecule has 1 atom stereocenters. The average Bonchev–Trinajstić information content (AvgIpc) is 2.59. The third-order valence-corrected chi connectivity index (χ3v) is 3.78. The van der Waals surface area contributed by atoms with Gasteiger partial charge in [0.15, 0.2) is 0 Å². The van der Waals surface area contributed by atoms with E-state index in [2.05, 4.69) is 15.6 Å². The van der Waals surface area contributed by atoms with Gasteiger partial charge < -0.3 is 20.1 Å². The van der Waals surface area contributed by atoms with E-state index in [4.69, 9.17) is 9.47 Å². The average molecular weight is 327 g/mol. The summed E-state index contributed by atoms with van der Waals surface area (Å²) < 4.78 is 11.3. The number of hydrogen-bond donors (Lipinski definition) is 2. The molecule has 1 amide bonds. The molecule has 1 aliphatic heterocycles. The van der Waals surface area contributed by atoms with Crippen molar-refractivity contribution >= 4 is 11.6 Å². The van der Waals surface area contributed by atoms with Crippen molar-refractivity contribution in [2.75, 3.05) is 25.0 Å². The smallest absolute Gasteiger partial charge is 0.254 e. The number of carbonyl (C=O) groups excluding carboxylic acids is 1. The second-order valence-electron chi connectivity index (χ2n) is 5.81. The largest absolute Gasteiger partial charge is 0.439 e. The SMILES string of the molecule is Cc1ccnc(Oc2cc(NC(=O)C3CNCCO3)ccc2C)c1. The zero-order valence-electron chi connectivity index (χ0n) is 13.8. The van der Waals surface area contributed by atoms with Crippen LogP contribution in [0.15, 0.2) is 36.5 Å². The molecule has 1 unspecified atom stereocenters. The maximum Gasteiger partial charge on any atom is 0.254 e. The van der Waals surface area contributed by atoms with Crippen LogP contribution < -0.4 is 15.4 Å². The van der Waals surface area contributed by atoms with E-state index in [1.807, 2.05) is 38.1 Å². The summed E-state index contributed by atoms with van der Waals surface area (Å²) in [5.74, 6) is 1.03. The Balaban J connectivity index is 1.72. The number of amides is 1. The minimum atomic E-state index is -0.470. The van der Waals surface area contributed by atoms with E-state index in [9.17, 15) is 4.79 Å². The van der Waals surface area contributed by atoms with E-state index in [-0.39, 0.29) is 5.91 Å². The molecule has 3 rings (SSSR count).